The highest BCUT2D eigenvalue weighted by molar-refractivity contribution is 5.63. The summed E-state index contributed by atoms with van der Waals surface area (Å²) < 4.78 is 37.3. The van der Waals surface area contributed by atoms with Crippen molar-refractivity contribution >= 4 is 6.29 Å². The van der Waals surface area contributed by atoms with Crippen LogP contribution in [0.3, 0.4) is 0 Å². The summed E-state index contributed by atoms with van der Waals surface area (Å²) in [6.45, 7) is 0. The quantitative estimate of drug-likeness (QED) is 0.651. The lowest BCUT2D eigenvalue weighted by Gasteiger charge is -2.07. The van der Waals surface area contributed by atoms with Crippen molar-refractivity contribution in [2.75, 3.05) is 0 Å². The number of rotatable bonds is 2. The molecule has 1 rings (SSSR count). The summed E-state index contributed by atoms with van der Waals surface area (Å²) in [5.41, 5.74) is -0.501. The molecule has 2 N–H and O–H groups in total. The topological polar surface area (TPSA) is 48.6 Å². The van der Waals surface area contributed by atoms with Gasteiger partial charge in [0, 0.05) is 5.56 Å². The van der Waals surface area contributed by atoms with Crippen LogP contribution in [0, 0.1) is 5.82 Å². The molecule has 0 saturated carbocycles. The van der Waals surface area contributed by atoms with Gasteiger partial charge < -0.3 is 5.48 Å². The van der Waals surface area contributed by atoms with Crippen LogP contribution < -0.4 is 0 Å². The number of alkyl halides is 2. The Bertz CT molecular complexity index is 282. The first kappa shape index (κ1) is 11.6. The highest BCUT2D eigenvalue weighted by Gasteiger charge is 2.30. The third kappa shape index (κ3) is 2.55. The van der Waals surface area contributed by atoms with Crippen molar-refractivity contribution in [1.29, 1.82) is 0 Å². The van der Waals surface area contributed by atoms with Gasteiger partial charge >= 0.3 is 5.92 Å². The highest BCUT2D eigenvalue weighted by Crippen LogP contribution is 2.24. The summed E-state index contributed by atoms with van der Waals surface area (Å²) in [6.07, 6.45) is -0.472. The lowest BCUT2D eigenvalue weighted by Crippen LogP contribution is -2.14. The fourth-order valence-corrected chi connectivity index (χ4v) is 0.740. The van der Waals surface area contributed by atoms with Crippen molar-refractivity contribution in [2.24, 2.45) is 0 Å². The maximum atomic E-state index is 12.5. The summed E-state index contributed by atoms with van der Waals surface area (Å²) in [6, 6.07) is 3.52. The van der Waals surface area contributed by atoms with Crippen LogP contribution in [0.25, 0.3) is 0 Å². The molecule has 1 aromatic rings. The predicted molar refractivity (Wildman–Crippen MR) is 40.0 cm³/mol. The van der Waals surface area contributed by atoms with E-state index in [0.717, 1.165) is 24.3 Å². The van der Waals surface area contributed by atoms with Gasteiger partial charge in [-0.3, -0.25) is 4.79 Å². The normalized spacial score (nSPS) is 10.4. The number of carbonyl (C=O) groups excluding carboxylic acids is 1. The third-order valence-corrected chi connectivity index (χ3v) is 1.38. The van der Waals surface area contributed by atoms with Crippen LogP contribution in [0.5, 0.6) is 0 Å². The van der Waals surface area contributed by atoms with Crippen molar-refractivity contribution in [3.8, 4) is 0 Å². The molecular formula is C8H7F3O2. The molecule has 1 aromatic carbocycles. The first-order chi connectivity index (χ1) is 5.56. The number of hydrogen-bond acceptors (Lipinski definition) is 1. The van der Waals surface area contributed by atoms with Crippen LogP contribution in [0.4, 0.5) is 13.2 Å². The number of hydrogen-bond donors (Lipinski definition) is 0. The van der Waals surface area contributed by atoms with Gasteiger partial charge in [0.15, 0.2) is 6.29 Å². The van der Waals surface area contributed by atoms with Gasteiger partial charge in [-0.05, 0) is 24.3 Å². The van der Waals surface area contributed by atoms with Crippen LogP contribution >= 0.6 is 0 Å². The molecule has 0 atom stereocenters. The van der Waals surface area contributed by atoms with Crippen molar-refractivity contribution < 1.29 is 23.4 Å². The second-order valence-corrected chi connectivity index (χ2v) is 2.25. The number of aldehydes is 1. The zero-order valence-electron chi connectivity index (χ0n) is 6.43. The molecule has 0 aliphatic carbocycles. The minimum Gasteiger partial charge on any atom is -0.412 e. The molecule has 0 aromatic heterocycles. The van der Waals surface area contributed by atoms with E-state index in [2.05, 4.69) is 0 Å². The summed E-state index contributed by atoms with van der Waals surface area (Å²) in [5.74, 6) is -4.13. The van der Waals surface area contributed by atoms with Crippen molar-refractivity contribution in [1.82, 2.24) is 0 Å². The first-order valence-corrected chi connectivity index (χ1v) is 3.16. The molecule has 0 radical (unpaired) electrons. The maximum Gasteiger partial charge on any atom is 0.327 e. The summed E-state index contributed by atoms with van der Waals surface area (Å²) in [7, 11) is 0. The Morgan fingerprint density at radius 3 is 2.00 bits per heavy atom. The van der Waals surface area contributed by atoms with E-state index in [1.807, 2.05) is 0 Å². The van der Waals surface area contributed by atoms with E-state index >= 15 is 0 Å². The van der Waals surface area contributed by atoms with E-state index < -0.39 is 23.6 Å². The molecule has 0 saturated heterocycles. The predicted octanol–water partition coefficient (Wildman–Crippen LogP) is 1.29. The van der Waals surface area contributed by atoms with Crippen LogP contribution in [-0.4, -0.2) is 11.8 Å². The van der Waals surface area contributed by atoms with Crippen LogP contribution in [0.1, 0.15) is 5.56 Å². The SMILES string of the molecule is O.O=CC(F)(F)c1ccc(F)cc1. The van der Waals surface area contributed by atoms with Gasteiger partial charge in [-0.25, -0.2) is 4.39 Å². The lowest BCUT2D eigenvalue weighted by atomic mass is 10.1. The average Bonchev–Trinajstić information content (AvgIpc) is 2.05. The summed E-state index contributed by atoms with van der Waals surface area (Å²) >= 11 is 0. The Balaban J connectivity index is 0.00000144. The molecule has 0 fully saturated rings. The second-order valence-electron chi connectivity index (χ2n) is 2.25. The second kappa shape index (κ2) is 4.04. The van der Waals surface area contributed by atoms with Crippen LogP contribution in [-0.2, 0) is 10.7 Å². The Morgan fingerprint density at radius 2 is 1.62 bits per heavy atom. The van der Waals surface area contributed by atoms with Crippen molar-refractivity contribution in [3.63, 3.8) is 0 Å². The zero-order chi connectivity index (χ0) is 9.19. The standard InChI is InChI=1S/C8H5F3O.H2O/c9-7-3-1-6(2-4-7)8(10,11)5-12;/h1-5H;1H2. The Labute approximate surface area is 72.3 Å². The smallest absolute Gasteiger partial charge is 0.327 e. The largest absolute Gasteiger partial charge is 0.412 e. The zero-order valence-corrected chi connectivity index (χ0v) is 6.43. The minimum atomic E-state index is -3.52. The van der Waals surface area contributed by atoms with E-state index in [-0.39, 0.29) is 5.48 Å². The van der Waals surface area contributed by atoms with Gasteiger partial charge in [0.25, 0.3) is 0 Å². The minimum absolute atomic E-state index is 0. The van der Waals surface area contributed by atoms with Gasteiger partial charge in [-0.1, -0.05) is 0 Å². The molecule has 72 valence electrons. The van der Waals surface area contributed by atoms with E-state index in [1.54, 1.807) is 0 Å². The molecule has 0 aliphatic heterocycles. The van der Waals surface area contributed by atoms with E-state index in [0.29, 0.717) is 0 Å². The molecular weight excluding hydrogens is 185 g/mol. The molecule has 0 amide bonds. The van der Waals surface area contributed by atoms with Gasteiger partial charge in [0.2, 0.25) is 0 Å². The monoisotopic (exact) mass is 192 g/mol. The van der Waals surface area contributed by atoms with E-state index in [9.17, 15) is 18.0 Å². The molecule has 0 aliphatic rings. The molecule has 0 heterocycles. The molecule has 2 nitrogen and oxygen atoms in total. The maximum absolute atomic E-state index is 12.5. The Morgan fingerprint density at radius 1 is 1.15 bits per heavy atom. The van der Waals surface area contributed by atoms with Crippen molar-refractivity contribution in [2.45, 2.75) is 5.92 Å². The fourth-order valence-electron chi connectivity index (χ4n) is 0.740. The molecule has 0 unspecified atom stereocenters. The van der Waals surface area contributed by atoms with Gasteiger partial charge in [0.1, 0.15) is 5.82 Å². The fraction of sp³-hybridized carbons (Fsp3) is 0.125. The number of benzene rings is 1. The highest BCUT2D eigenvalue weighted by atomic mass is 19.3. The van der Waals surface area contributed by atoms with Crippen LogP contribution in [0.2, 0.25) is 0 Å². The van der Waals surface area contributed by atoms with Gasteiger partial charge in [-0.2, -0.15) is 8.78 Å². The molecule has 0 spiro atoms. The average molecular weight is 192 g/mol. The Hall–Kier alpha value is -1.36. The van der Waals surface area contributed by atoms with Crippen molar-refractivity contribution in [3.05, 3.63) is 35.6 Å². The number of carbonyl (C=O) groups is 1. The summed E-state index contributed by atoms with van der Waals surface area (Å²) in [4.78, 5) is 9.87. The van der Waals surface area contributed by atoms with Gasteiger partial charge in [0.05, 0.1) is 0 Å². The lowest BCUT2D eigenvalue weighted by molar-refractivity contribution is -0.130. The van der Waals surface area contributed by atoms with Gasteiger partial charge in [-0.15, -0.1) is 0 Å². The Kier molecular flexibility index (Phi) is 3.62. The molecule has 0 bridgehead atoms. The molecule has 5 heteroatoms. The summed E-state index contributed by atoms with van der Waals surface area (Å²) in [5, 5.41) is 0. The molecule has 13 heavy (non-hydrogen) atoms. The van der Waals surface area contributed by atoms with E-state index in [1.165, 1.54) is 0 Å². The number of halogens is 3. The first-order valence-electron chi connectivity index (χ1n) is 3.16. The van der Waals surface area contributed by atoms with Crippen LogP contribution in [0.15, 0.2) is 24.3 Å². The van der Waals surface area contributed by atoms with E-state index in [4.69, 9.17) is 0 Å². The third-order valence-electron chi connectivity index (χ3n) is 1.38.